The van der Waals surface area contributed by atoms with Crippen LogP contribution in [-0.2, 0) is 4.79 Å². The van der Waals surface area contributed by atoms with Crippen LogP contribution in [0, 0.1) is 0 Å². The fraction of sp³-hybridized carbons (Fsp3) is 0.167. The van der Waals surface area contributed by atoms with Gasteiger partial charge in [-0.1, -0.05) is 42.5 Å². The number of para-hydroxylation sites is 1. The first-order valence-corrected chi connectivity index (χ1v) is 7.41. The summed E-state index contributed by atoms with van der Waals surface area (Å²) in [5, 5.41) is 3.70. The lowest BCUT2D eigenvalue weighted by atomic mass is 10.1. The maximum absolute atomic E-state index is 12.1. The molecule has 0 radical (unpaired) electrons. The van der Waals surface area contributed by atoms with Crippen molar-refractivity contribution in [2.75, 3.05) is 6.61 Å². The van der Waals surface area contributed by atoms with E-state index in [0.29, 0.717) is 5.88 Å². The van der Waals surface area contributed by atoms with Gasteiger partial charge in [0.25, 0.3) is 5.91 Å². The lowest BCUT2D eigenvalue weighted by Gasteiger charge is -2.14. The average Bonchev–Trinajstić information content (AvgIpc) is 2.60. The van der Waals surface area contributed by atoms with E-state index in [2.05, 4.69) is 15.3 Å². The Labute approximate surface area is 134 Å². The summed E-state index contributed by atoms with van der Waals surface area (Å²) in [6.45, 7) is 1.85. The van der Waals surface area contributed by atoms with Crippen LogP contribution in [0.5, 0.6) is 5.88 Å². The Bertz CT molecular complexity index is 800. The number of carbonyl (C=O) groups is 1. The van der Waals surface area contributed by atoms with Gasteiger partial charge in [0.05, 0.1) is 16.9 Å². The van der Waals surface area contributed by atoms with Gasteiger partial charge < -0.3 is 10.1 Å². The lowest BCUT2D eigenvalue weighted by Crippen LogP contribution is -2.31. The number of amides is 1. The van der Waals surface area contributed by atoms with E-state index < -0.39 is 0 Å². The monoisotopic (exact) mass is 307 g/mol. The SMILES string of the molecule is C[C@@H](NC(=O)COc1ncnc2ccccc12)c1ccccc1. The van der Waals surface area contributed by atoms with Gasteiger partial charge in [0, 0.05) is 0 Å². The zero-order valence-electron chi connectivity index (χ0n) is 12.8. The van der Waals surface area contributed by atoms with E-state index in [1.807, 2.05) is 61.5 Å². The molecule has 5 heteroatoms. The van der Waals surface area contributed by atoms with Crippen LogP contribution in [0.1, 0.15) is 18.5 Å². The summed E-state index contributed by atoms with van der Waals surface area (Å²) in [7, 11) is 0. The molecule has 0 aliphatic rings. The van der Waals surface area contributed by atoms with Gasteiger partial charge in [-0.2, -0.15) is 0 Å². The molecule has 0 fully saturated rings. The number of aromatic nitrogens is 2. The molecule has 23 heavy (non-hydrogen) atoms. The molecule has 0 bridgehead atoms. The first kappa shape index (κ1) is 15.0. The van der Waals surface area contributed by atoms with Crippen molar-refractivity contribution in [3.8, 4) is 5.88 Å². The Hall–Kier alpha value is -2.95. The topological polar surface area (TPSA) is 64.1 Å². The number of rotatable bonds is 5. The molecular formula is C18H17N3O2. The van der Waals surface area contributed by atoms with Crippen molar-refractivity contribution < 1.29 is 9.53 Å². The molecule has 3 aromatic rings. The quantitative estimate of drug-likeness (QED) is 0.787. The van der Waals surface area contributed by atoms with E-state index in [9.17, 15) is 4.79 Å². The summed E-state index contributed by atoms with van der Waals surface area (Å²) in [5.41, 5.74) is 1.84. The van der Waals surface area contributed by atoms with Crippen molar-refractivity contribution in [1.82, 2.24) is 15.3 Å². The first-order chi connectivity index (χ1) is 11.2. The highest BCUT2D eigenvalue weighted by Crippen LogP contribution is 2.20. The highest BCUT2D eigenvalue weighted by molar-refractivity contribution is 5.84. The molecule has 1 heterocycles. The third kappa shape index (κ3) is 3.63. The molecule has 0 spiro atoms. The van der Waals surface area contributed by atoms with E-state index in [-0.39, 0.29) is 18.6 Å². The van der Waals surface area contributed by atoms with Gasteiger partial charge in [-0.15, -0.1) is 0 Å². The van der Waals surface area contributed by atoms with Crippen LogP contribution in [0.3, 0.4) is 0 Å². The zero-order chi connectivity index (χ0) is 16.1. The summed E-state index contributed by atoms with van der Waals surface area (Å²) >= 11 is 0. The van der Waals surface area contributed by atoms with Crippen molar-refractivity contribution >= 4 is 16.8 Å². The van der Waals surface area contributed by atoms with Gasteiger partial charge in [-0.3, -0.25) is 4.79 Å². The van der Waals surface area contributed by atoms with E-state index in [0.717, 1.165) is 16.5 Å². The number of hydrogen-bond donors (Lipinski definition) is 1. The molecule has 0 aliphatic carbocycles. The van der Waals surface area contributed by atoms with E-state index in [1.165, 1.54) is 6.33 Å². The van der Waals surface area contributed by atoms with Gasteiger partial charge in [-0.05, 0) is 24.6 Å². The van der Waals surface area contributed by atoms with Crippen LogP contribution in [0.4, 0.5) is 0 Å². The number of nitrogens with one attached hydrogen (secondary N) is 1. The van der Waals surface area contributed by atoms with Crippen LogP contribution in [0.2, 0.25) is 0 Å². The van der Waals surface area contributed by atoms with Crippen LogP contribution in [0.15, 0.2) is 60.9 Å². The predicted molar refractivity (Wildman–Crippen MR) is 88.0 cm³/mol. The lowest BCUT2D eigenvalue weighted by molar-refractivity contribution is -0.123. The number of nitrogens with zero attached hydrogens (tertiary/aromatic N) is 2. The minimum Gasteiger partial charge on any atom is -0.467 e. The Balaban J connectivity index is 1.62. The fourth-order valence-corrected chi connectivity index (χ4v) is 2.34. The summed E-state index contributed by atoms with van der Waals surface area (Å²) in [4.78, 5) is 20.3. The largest absolute Gasteiger partial charge is 0.467 e. The highest BCUT2D eigenvalue weighted by Gasteiger charge is 2.11. The van der Waals surface area contributed by atoms with Crippen LogP contribution < -0.4 is 10.1 Å². The first-order valence-electron chi connectivity index (χ1n) is 7.41. The minimum atomic E-state index is -0.191. The summed E-state index contributed by atoms with van der Waals surface area (Å²) < 4.78 is 5.55. The molecule has 0 saturated carbocycles. The smallest absolute Gasteiger partial charge is 0.258 e. The third-order valence-electron chi connectivity index (χ3n) is 3.52. The highest BCUT2D eigenvalue weighted by atomic mass is 16.5. The van der Waals surface area contributed by atoms with Gasteiger partial charge in [0.15, 0.2) is 6.61 Å². The molecule has 0 unspecified atom stereocenters. The summed E-state index contributed by atoms with van der Waals surface area (Å²) in [6, 6.07) is 17.2. The van der Waals surface area contributed by atoms with Crippen LogP contribution in [0.25, 0.3) is 10.9 Å². The van der Waals surface area contributed by atoms with E-state index >= 15 is 0 Å². The molecule has 116 valence electrons. The summed E-state index contributed by atoms with van der Waals surface area (Å²) in [6.07, 6.45) is 1.43. The average molecular weight is 307 g/mol. The Morgan fingerprint density at radius 3 is 2.65 bits per heavy atom. The van der Waals surface area contributed by atoms with E-state index in [4.69, 9.17) is 4.74 Å². The predicted octanol–water partition coefficient (Wildman–Crippen LogP) is 2.89. The zero-order valence-corrected chi connectivity index (χ0v) is 12.8. The maximum atomic E-state index is 12.1. The van der Waals surface area contributed by atoms with Crippen LogP contribution in [-0.4, -0.2) is 22.5 Å². The molecule has 1 amide bonds. The molecule has 5 nitrogen and oxygen atoms in total. The van der Waals surface area contributed by atoms with Crippen LogP contribution >= 0.6 is 0 Å². The van der Waals surface area contributed by atoms with Gasteiger partial charge >= 0.3 is 0 Å². The minimum absolute atomic E-state index is 0.0746. The number of ether oxygens (including phenoxy) is 1. The van der Waals surface area contributed by atoms with Crippen molar-refractivity contribution in [2.45, 2.75) is 13.0 Å². The van der Waals surface area contributed by atoms with Crippen molar-refractivity contribution in [3.63, 3.8) is 0 Å². The number of benzene rings is 2. The second-order valence-corrected chi connectivity index (χ2v) is 5.18. The maximum Gasteiger partial charge on any atom is 0.258 e. The molecule has 1 aromatic heterocycles. The second-order valence-electron chi connectivity index (χ2n) is 5.18. The molecular weight excluding hydrogens is 290 g/mol. The molecule has 1 atom stereocenters. The Morgan fingerprint density at radius 2 is 1.83 bits per heavy atom. The Morgan fingerprint density at radius 1 is 1.09 bits per heavy atom. The van der Waals surface area contributed by atoms with Gasteiger partial charge in [0.1, 0.15) is 6.33 Å². The van der Waals surface area contributed by atoms with Crippen molar-refractivity contribution in [1.29, 1.82) is 0 Å². The third-order valence-corrected chi connectivity index (χ3v) is 3.52. The van der Waals surface area contributed by atoms with Crippen molar-refractivity contribution in [2.24, 2.45) is 0 Å². The molecule has 3 rings (SSSR count). The second kappa shape index (κ2) is 6.87. The molecule has 1 N–H and O–H groups in total. The summed E-state index contributed by atoms with van der Waals surface area (Å²) in [5.74, 6) is 0.224. The normalized spacial score (nSPS) is 11.9. The van der Waals surface area contributed by atoms with Gasteiger partial charge in [-0.25, -0.2) is 9.97 Å². The van der Waals surface area contributed by atoms with E-state index in [1.54, 1.807) is 0 Å². The molecule has 0 aliphatic heterocycles. The number of fused-ring (bicyclic) bond motifs is 1. The Kier molecular flexibility index (Phi) is 4.47. The fourth-order valence-electron chi connectivity index (χ4n) is 2.34. The standard InChI is InChI=1S/C18H17N3O2/c1-13(14-7-3-2-4-8-14)21-17(22)11-23-18-15-9-5-6-10-16(15)19-12-20-18/h2-10,12-13H,11H2,1H3,(H,21,22)/t13-/m1/s1. The molecule has 0 saturated heterocycles. The number of hydrogen-bond acceptors (Lipinski definition) is 4. The van der Waals surface area contributed by atoms with Gasteiger partial charge in [0.2, 0.25) is 5.88 Å². The number of carbonyl (C=O) groups excluding carboxylic acids is 1. The van der Waals surface area contributed by atoms with Crippen molar-refractivity contribution in [3.05, 3.63) is 66.5 Å². The molecule has 2 aromatic carbocycles.